The molecule has 4 rings (SSSR count). The number of carbonyl (C=O) groups excluding carboxylic acids is 1. The normalized spacial score (nSPS) is 33.4. The molecule has 1 aromatic carbocycles. The minimum atomic E-state index is -0.603. The minimum absolute atomic E-state index is 0.149. The molecule has 0 bridgehead atoms. The molecule has 3 aliphatic heterocycles. The van der Waals surface area contributed by atoms with Gasteiger partial charge in [-0.2, -0.15) is 0 Å². The van der Waals surface area contributed by atoms with Gasteiger partial charge in [0.15, 0.2) is 0 Å². The Kier molecular flexibility index (Phi) is 3.10. The van der Waals surface area contributed by atoms with E-state index in [1.54, 1.807) is 6.07 Å². The molecular formula is C15H17NO5. The quantitative estimate of drug-likeness (QED) is 0.794. The molecule has 3 heterocycles. The van der Waals surface area contributed by atoms with Gasteiger partial charge in [-0.3, -0.25) is 4.79 Å². The van der Waals surface area contributed by atoms with Crippen molar-refractivity contribution in [2.75, 3.05) is 19.8 Å². The summed E-state index contributed by atoms with van der Waals surface area (Å²) in [7, 11) is 0. The molecule has 6 nitrogen and oxygen atoms in total. The highest BCUT2D eigenvalue weighted by molar-refractivity contribution is 5.95. The summed E-state index contributed by atoms with van der Waals surface area (Å²) in [4.78, 5) is 12.3. The molecule has 0 aliphatic carbocycles. The summed E-state index contributed by atoms with van der Waals surface area (Å²) >= 11 is 0. The first kappa shape index (κ1) is 13.1. The molecule has 0 spiro atoms. The van der Waals surface area contributed by atoms with E-state index in [-0.39, 0.29) is 30.8 Å². The summed E-state index contributed by atoms with van der Waals surface area (Å²) in [5.74, 6) is 0.710. The number of aliphatic hydroxyl groups excluding tert-OH is 1. The Balaban J connectivity index is 1.46. The number of hydrogen-bond acceptors (Lipinski definition) is 5. The molecule has 1 aromatic rings. The van der Waals surface area contributed by atoms with Crippen molar-refractivity contribution in [1.29, 1.82) is 0 Å². The second-order valence-corrected chi connectivity index (χ2v) is 5.66. The highest BCUT2D eigenvalue weighted by Crippen LogP contribution is 2.28. The Morgan fingerprint density at radius 2 is 2.10 bits per heavy atom. The van der Waals surface area contributed by atoms with Crippen LogP contribution in [0.5, 0.6) is 5.75 Å². The maximum atomic E-state index is 12.3. The third-order valence-electron chi connectivity index (χ3n) is 4.30. The molecule has 1 amide bonds. The Labute approximate surface area is 122 Å². The number of ether oxygens (including phenoxy) is 3. The summed E-state index contributed by atoms with van der Waals surface area (Å²) in [5, 5.41) is 12.6. The van der Waals surface area contributed by atoms with Gasteiger partial charge >= 0.3 is 0 Å². The van der Waals surface area contributed by atoms with Crippen molar-refractivity contribution in [3.8, 4) is 5.75 Å². The molecule has 0 saturated carbocycles. The number of benzene rings is 1. The van der Waals surface area contributed by atoms with Gasteiger partial charge in [0, 0.05) is 12.0 Å². The Bertz CT molecular complexity index is 575. The number of fused-ring (bicyclic) bond motifs is 2. The first-order valence-electron chi connectivity index (χ1n) is 7.20. The van der Waals surface area contributed by atoms with Crippen LogP contribution in [0.15, 0.2) is 18.2 Å². The fraction of sp³-hybridized carbons (Fsp3) is 0.533. The summed E-state index contributed by atoms with van der Waals surface area (Å²) in [5.41, 5.74) is 1.68. The van der Waals surface area contributed by atoms with Gasteiger partial charge < -0.3 is 24.6 Å². The van der Waals surface area contributed by atoms with E-state index in [4.69, 9.17) is 14.2 Å². The molecular weight excluding hydrogens is 274 g/mol. The average molecular weight is 291 g/mol. The third kappa shape index (κ3) is 2.19. The van der Waals surface area contributed by atoms with Gasteiger partial charge in [0.1, 0.15) is 24.1 Å². The van der Waals surface area contributed by atoms with Crippen LogP contribution < -0.4 is 10.1 Å². The summed E-state index contributed by atoms with van der Waals surface area (Å²) in [6, 6.07) is 5.25. The molecule has 4 atom stereocenters. The molecule has 0 unspecified atom stereocenters. The van der Waals surface area contributed by atoms with Gasteiger partial charge in [-0.25, -0.2) is 0 Å². The van der Waals surface area contributed by atoms with Gasteiger partial charge in [0.05, 0.1) is 25.9 Å². The lowest BCUT2D eigenvalue weighted by molar-refractivity contribution is 0.0178. The van der Waals surface area contributed by atoms with Crippen LogP contribution in [-0.2, 0) is 15.9 Å². The predicted octanol–water partition coefficient (Wildman–Crippen LogP) is -0.122. The maximum absolute atomic E-state index is 12.3. The van der Waals surface area contributed by atoms with Gasteiger partial charge in [-0.05, 0) is 23.8 Å². The number of nitrogens with one attached hydrogen (secondary N) is 1. The van der Waals surface area contributed by atoms with Crippen LogP contribution in [0.4, 0.5) is 0 Å². The topological polar surface area (TPSA) is 77.0 Å². The zero-order valence-corrected chi connectivity index (χ0v) is 11.5. The Hall–Kier alpha value is -1.63. The zero-order valence-electron chi connectivity index (χ0n) is 11.5. The van der Waals surface area contributed by atoms with E-state index in [1.165, 1.54) is 0 Å². The van der Waals surface area contributed by atoms with E-state index in [0.717, 1.165) is 17.7 Å². The molecule has 3 aliphatic rings. The zero-order chi connectivity index (χ0) is 14.4. The number of amides is 1. The highest BCUT2D eigenvalue weighted by Gasteiger charge is 2.47. The van der Waals surface area contributed by atoms with Crippen LogP contribution in [-0.4, -0.2) is 55.2 Å². The summed E-state index contributed by atoms with van der Waals surface area (Å²) < 4.78 is 16.4. The predicted molar refractivity (Wildman–Crippen MR) is 72.4 cm³/mol. The number of aliphatic hydroxyl groups is 1. The lowest BCUT2D eigenvalue weighted by Crippen LogP contribution is -2.44. The standard InChI is InChI=1S/C15H17NO5/c17-11-7-21-13-10(6-20-14(11)13)16-15(18)9-1-2-12-8(5-9)3-4-19-12/h1-2,5,10-11,13-14,17H,3-4,6-7H2,(H,16,18)/t10-,11-,13-,14-/m1/s1. The van der Waals surface area contributed by atoms with Crippen LogP contribution in [0.2, 0.25) is 0 Å². The molecule has 2 saturated heterocycles. The van der Waals surface area contributed by atoms with E-state index in [1.807, 2.05) is 12.1 Å². The molecule has 0 radical (unpaired) electrons. The van der Waals surface area contributed by atoms with E-state index in [0.29, 0.717) is 18.8 Å². The van der Waals surface area contributed by atoms with Crippen LogP contribution in [0, 0.1) is 0 Å². The average Bonchev–Trinajstić information content (AvgIpc) is 3.17. The maximum Gasteiger partial charge on any atom is 0.251 e. The van der Waals surface area contributed by atoms with Gasteiger partial charge in [-0.1, -0.05) is 0 Å². The smallest absolute Gasteiger partial charge is 0.251 e. The molecule has 2 N–H and O–H groups in total. The van der Waals surface area contributed by atoms with E-state index < -0.39 is 6.10 Å². The van der Waals surface area contributed by atoms with Crippen molar-refractivity contribution in [3.05, 3.63) is 29.3 Å². The number of hydrogen-bond donors (Lipinski definition) is 2. The second-order valence-electron chi connectivity index (χ2n) is 5.66. The monoisotopic (exact) mass is 291 g/mol. The van der Waals surface area contributed by atoms with Crippen molar-refractivity contribution in [1.82, 2.24) is 5.32 Å². The minimum Gasteiger partial charge on any atom is -0.493 e. The van der Waals surface area contributed by atoms with Crippen LogP contribution in [0.1, 0.15) is 15.9 Å². The van der Waals surface area contributed by atoms with Crippen molar-refractivity contribution in [2.45, 2.75) is 30.8 Å². The molecule has 2 fully saturated rings. The van der Waals surface area contributed by atoms with E-state index in [2.05, 4.69) is 5.32 Å². The van der Waals surface area contributed by atoms with Crippen molar-refractivity contribution in [3.63, 3.8) is 0 Å². The molecule has 21 heavy (non-hydrogen) atoms. The van der Waals surface area contributed by atoms with Crippen molar-refractivity contribution < 1.29 is 24.1 Å². The Morgan fingerprint density at radius 3 is 3.00 bits per heavy atom. The second kappa shape index (κ2) is 4.98. The fourth-order valence-electron chi connectivity index (χ4n) is 3.18. The third-order valence-corrected chi connectivity index (χ3v) is 4.30. The van der Waals surface area contributed by atoms with Gasteiger partial charge in [0.25, 0.3) is 5.91 Å². The Morgan fingerprint density at radius 1 is 1.24 bits per heavy atom. The van der Waals surface area contributed by atoms with E-state index >= 15 is 0 Å². The first-order valence-corrected chi connectivity index (χ1v) is 7.20. The van der Waals surface area contributed by atoms with Crippen LogP contribution >= 0.6 is 0 Å². The fourth-order valence-corrected chi connectivity index (χ4v) is 3.18. The van der Waals surface area contributed by atoms with Crippen molar-refractivity contribution in [2.24, 2.45) is 0 Å². The van der Waals surface area contributed by atoms with Crippen LogP contribution in [0.25, 0.3) is 0 Å². The van der Waals surface area contributed by atoms with Gasteiger partial charge in [-0.15, -0.1) is 0 Å². The lowest BCUT2D eigenvalue weighted by Gasteiger charge is -2.17. The largest absolute Gasteiger partial charge is 0.493 e. The number of carbonyl (C=O) groups is 1. The van der Waals surface area contributed by atoms with Crippen molar-refractivity contribution >= 4 is 5.91 Å². The van der Waals surface area contributed by atoms with E-state index in [9.17, 15) is 9.90 Å². The first-order chi connectivity index (χ1) is 10.2. The highest BCUT2D eigenvalue weighted by atomic mass is 16.6. The lowest BCUT2D eigenvalue weighted by atomic mass is 10.1. The molecule has 6 heteroatoms. The number of rotatable bonds is 2. The SMILES string of the molecule is O=C(N[C@@H]1CO[C@H]2[C@@H]1OC[C@H]2O)c1ccc2c(c1)CCO2. The molecule has 0 aromatic heterocycles. The summed E-state index contributed by atoms with van der Waals surface area (Å²) in [6.07, 6.45) is -0.359. The molecule has 112 valence electrons. The summed E-state index contributed by atoms with van der Waals surface area (Å²) in [6.45, 7) is 1.30. The van der Waals surface area contributed by atoms with Crippen LogP contribution in [0.3, 0.4) is 0 Å². The van der Waals surface area contributed by atoms with Gasteiger partial charge in [0.2, 0.25) is 0 Å².